The Morgan fingerprint density at radius 2 is 1.36 bits per heavy atom. The summed E-state index contributed by atoms with van der Waals surface area (Å²) in [7, 11) is 0. The van der Waals surface area contributed by atoms with E-state index in [1.165, 1.54) is 16.0 Å². The fourth-order valence-electron chi connectivity index (χ4n) is 3.62. The van der Waals surface area contributed by atoms with Crippen molar-refractivity contribution in [3.63, 3.8) is 0 Å². The summed E-state index contributed by atoms with van der Waals surface area (Å²) in [6, 6.07) is 23.6. The zero-order valence-electron chi connectivity index (χ0n) is 16.2. The van der Waals surface area contributed by atoms with Gasteiger partial charge >= 0.3 is 0 Å². The van der Waals surface area contributed by atoms with Crippen LogP contribution in [-0.4, -0.2) is 11.8 Å². The normalized spacial score (nSPS) is 13.3. The van der Waals surface area contributed by atoms with Gasteiger partial charge in [-0.2, -0.15) is 0 Å². The standard InChI is InChI=1S/C25H23NO2/c1-17(2)20-11-13-21(14-12-20)26-24(27)22-15-10-19(16-23(22)25(26)28)9-8-18-6-4-3-5-7-18/h3-7,10-17H,8-9H2,1-2H3. The van der Waals surface area contributed by atoms with E-state index in [1.807, 2.05) is 54.6 Å². The van der Waals surface area contributed by atoms with Gasteiger partial charge in [-0.25, -0.2) is 4.90 Å². The van der Waals surface area contributed by atoms with Gasteiger partial charge in [-0.3, -0.25) is 9.59 Å². The van der Waals surface area contributed by atoms with Crippen molar-refractivity contribution >= 4 is 17.5 Å². The van der Waals surface area contributed by atoms with Gasteiger partial charge in [-0.1, -0.05) is 62.4 Å². The Balaban J connectivity index is 1.56. The molecule has 4 rings (SSSR count). The van der Waals surface area contributed by atoms with E-state index in [0.29, 0.717) is 22.7 Å². The van der Waals surface area contributed by atoms with Crippen LogP contribution in [0.15, 0.2) is 72.8 Å². The summed E-state index contributed by atoms with van der Waals surface area (Å²) in [4.78, 5) is 27.1. The Labute approximate surface area is 165 Å². The van der Waals surface area contributed by atoms with Crippen LogP contribution < -0.4 is 4.90 Å². The summed E-state index contributed by atoms with van der Waals surface area (Å²) < 4.78 is 0. The highest BCUT2D eigenvalue weighted by molar-refractivity contribution is 6.34. The summed E-state index contributed by atoms with van der Waals surface area (Å²) in [5.41, 5.74) is 5.13. The van der Waals surface area contributed by atoms with Crippen LogP contribution >= 0.6 is 0 Å². The van der Waals surface area contributed by atoms with E-state index < -0.39 is 0 Å². The molecule has 0 saturated carbocycles. The van der Waals surface area contributed by atoms with Crippen LogP contribution in [0.5, 0.6) is 0 Å². The Morgan fingerprint density at radius 1 is 0.714 bits per heavy atom. The van der Waals surface area contributed by atoms with Gasteiger partial charge in [-0.05, 0) is 59.7 Å². The van der Waals surface area contributed by atoms with Crippen molar-refractivity contribution in [2.75, 3.05) is 4.90 Å². The van der Waals surface area contributed by atoms with E-state index in [1.54, 1.807) is 6.07 Å². The van der Waals surface area contributed by atoms with Crippen LogP contribution in [0, 0.1) is 0 Å². The zero-order chi connectivity index (χ0) is 19.7. The van der Waals surface area contributed by atoms with Crippen LogP contribution in [0.4, 0.5) is 5.69 Å². The summed E-state index contributed by atoms with van der Waals surface area (Å²) >= 11 is 0. The lowest BCUT2D eigenvalue weighted by Gasteiger charge is -2.15. The predicted octanol–water partition coefficient (Wildman–Crippen LogP) is 5.40. The Morgan fingerprint density at radius 3 is 2.04 bits per heavy atom. The van der Waals surface area contributed by atoms with Crippen molar-refractivity contribution in [3.05, 3.63) is 101 Å². The highest BCUT2D eigenvalue weighted by Crippen LogP contribution is 2.30. The molecule has 0 atom stereocenters. The molecule has 1 aliphatic heterocycles. The number of rotatable bonds is 5. The lowest BCUT2D eigenvalue weighted by molar-refractivity contribution is 0.0926. The van der Waals surface area contributed by atoms with Gasteiger partial charge in [0, 0.05) is 0 Å². The van der Waals surface area contributed by atoms with Crippen molar-refractivity contribution in [3.8, 4) is 0 Å². The lowest BCUT2D eigenvalue weighted by atomic mass is 10.0. The van der Waals surface area contributed by atoms with Gasteiger partial charge in [0.05, 0.1) is 16.8 Å². The largest absolute Gasteiger partial charge is 0.268 e. The van der Waals surface area contributed by atoms with Crippen LogP contribution in [0.1, 0.15) is 57.2 Å². The minimum Gasteiger partial charge on any atom is -0.268 e. The zero-order valence-corrected chi connectivity index (χ0v) is 16.2. The number of anilines is 1. The average Bonchev–Trinajstić information content (AvgIpc) is 2.97. The molecule has 2 amide bonds. The first-order chi connectivity index (χ1) is 13.5. The number of hydrogen-bond acceptors (Lipinski definition) is 2. The molecule has 0 aromatic heterocycles. The molecule has 0 unspecified atom stereocenters. The number of imide groups is 1. The lowest BCUT2D eigenvalue weighted by Crippen LogP contribution is -2.29. The highest BCUT2D eigenvalue weighted by Gasteiger charge is 2.36. The molecule has 0 N–H and O–H groups in total. The van der Waals surface area contributed by atoms with E-state index >= 15 is 0 Å². The number of amides is 2. The quantitative estimate of drug-likeness (QED) is 0.565. The number of benzene rings is 3. The first-order valence-electron chi connectivity index (χ1n) is 9.70. The smallest absolute Gasteiger partial charge is 0.266 e. The predicted molar refractivity (Wildman–Crippen MR) is 112 cm³/mol. The molecule has 3 heteroatoms. The second-order valence-corrected chi connectivity index (χ2v) is 7.56. The number of hydrogen-bond donors (Lipinski definition) is 0. The monoisotopic (exact) mass is 369 g/mol. The molecular weight excluding hydrogens is 346 g/mol. The van der Waals surface area contributed by atoms with Crippen molar-refractivity contribution in [1.82, 2.24) is 0 Å². The third-order valence-electron chi connectivity index (χ3n) is 5.31. The third kappa shape index (κ3) is 3.36. The molecule has 0 saturated heterocycles. The second-order valence-electron chi connectivity index (χ2n) is 7.56. The molecule has 1 heterocycles. The van der Waals surface area contributed by atoms with Gasteiger partial charge in [0.2, 0.25) is 0 Å². The first-order valence-corrected chi connectivity index (χ1v) is 9.70. The Kier molecular flexibility index (Phi) is 4.82. The molecule has 28 heavy (non-hydrogen) atoms. The van der Waals surface area contributed by atoms with Gasteiger partial charge in [-0.15, -0.1) is 0 Å². The van der Waals surface area contributed by atoms with E-state index in [9.17, 15) is 9.59 Å². The number of nitrogens with zero attached hydrogens (tertiary/aromatic N) is 1. The highest BCUT2D eigenvalue weighted by atomic mass is 16.2. The average molecular weight is 369 g/mol. The number of carbonyl (C=O) groups is 2. The number of fused-ring (bicyclic) bond motifs is 1. The van der Waals surface area contributed by atoms with Crippen LogP contribution in [-0.2, 0) is 12.8 Å². The Hall–Kier alpha value is -3.20. The van der Waals surface area contributed by atoms with Gasteiger partial charge in [0.15, 0.2) is 0 Å². The van der Waals surface area contributed by atoms with Crippen LogP contribution in [0.25, 0.3) is 0 Å². The molecular formula is C25H23NO2. The molecule has 0 bridgehead atoms. The molecule has 3 nitrogen and oxygen atoms in total. The van der Waals surface area contributed by atoms with E-state index in [4.69, 9.17) is 0 Å². The van der Waals surface area contributed by atoms with Crippen molar-refractivity contribution < 1.29 is 9.59 Å². The molecule has 0 radical (unpaired) electrons. The molecule has 1 aliphatic rings. The molecule has 3 aromatic rings. The van der Waals surface area contributed by atoms with Crippen LogP contribution in [0.2, 0.25) is 0 Å². The summed E-state index contributed by atoms with van der Waals surface area (Å²) in [6.45, 7) is 4.24. The number of carbonyl (C=O) groups excluding carboxylic acids is 2. The maximum absolute atomic E-state index is 13.0. The molecule has 0 aliphatic carbocycles. The van der Waals surface area contributed by atoms with E-state index in [0.717, 1.165) is 18.4 Å². The van der Waals surface area contributed by atoms with Crippen molar-refractivity contribution in [2.24, 2.45) is 0 Å². The molecule has 140 valence electrons. The summed E-state index contributed by atoms with van der Waals surface area (Å²) in [6.07, 6.45) is 1.74. The first kappa shape index (κ1) is 18.2. The van der Waals surface area contributed by atoms with Gasteiger partial charge in [0.25, 0.3) is 11.8 Å². The summed E-state index contributed by atoms with van der Waals surface area (Å²) in [5.74, 6) is -0.0748. The Bertz CT molecular complexity index is 1020. The minimum absolute atomic E-state index is 0.237. The van der Waals surface area contributed by atoms with Gasteiger partial charge in [0.1, 0.15) is 0 Å². The van der Waals surface area contributed by atoms with Crippen molar-refractivity contribution in [2.45, 2.75) is 32.6 Å². The summed E-state index contributed by atoms with van der Waals surface area (Å²) in [5, 5.41) is 0. The molecule has 0 spiro atoms. The van der Waals surface area contributed by atoms with E-state index in [-0.39, 0.29) is 11.8 Å². The third-order valence-corrected chi connectivity index (χ3v) is 5.31. The SMILES string of the molecule is CC(C)c1ccc(N2C(=O)c3ccc(CCc4ccccc4)cc3C2=O)cc1. The molecule has 0 fully saturated rings. The topological polar surface area (TPSA) is 37.4 Å². The maximum atomic E-state index is 13.0. The fraction of sp³-hybridized carbons (Fsp3) is 0.200. The van der Waals surface area contributed by atoms with E-state index in [2.05, 4.69) is 26.0 Å². The maximum Gasteiger partial charge on any atom is 0.266 e. The van der Waals surface area contributed by atoms with Gasteiger partial charge < -0.3 is 0 Å². The fourth-order valence-corrected chi connectivity index (χ4v) is 3.62. The number of aryl methyl sites for hydroxylation is 2. The van der Waals surface area contributed by atoms with Crippen molar-refractivity contribution in [1.29, 1.82) is 0 Å². The molecule has 3 aromatic carbocycles. The second kappa shape index (κ2) is 7.43. The minimum atomic E-state index is -0.244. The van der Waals surface area contributed by atoms with Crippen LogP contribution in [0.3, 0.4) is 0 Å².